The smallest absolute Gasteiger partial charge is 0.253 e. The number of pyridine rings is 1. The van der Waals surface area contributed by atoms with Crippen molar-refractivity contribution in [1.82, 2.24) is 25.0 Å². The lowest BCUT2D eigenvalue weighted by molar-refractivity contribution is 0.0932. The summed E-state index contributed by atoms with van der Waals surface area (Å²) in [6, 6.07) is 6.98. The third-order valence-corrected chi connectivity index (χ3v) is 3.71. The summed E-state index contributed by atoms with van der Waals surface area (Å²) in [4.78, 5) is 21.1. The molecule has 0 aliphatic heterocycles. The Bertz CT molecular complexity index is 844. The minimum atomic E-state index is -0.389. The molecule has 3 rings (SSSR count). The standard InChI is InChI=1S/C18H21N5O2/c1-12(16-21-17(22-25-16)18(2,3)4)20-15(24)13-7-8-14(19-11-13)23-9-5-6-10-23/h5-12H,1-4H3,(H,20,24)/t12-/m0/s1. The zero-order valence-corrected chi connectivity index (χ0v) is 14.7. The van der Waals surface area contributed by atoms with Crippen LogP contribution in [0, 0.1) is 0 Å². The Morgan fingerprint density at radius 1 is 1.24 bits per heavy atom. The van der Waals surface area contributed by atoms with Crippen LogP contribution in [0.4, 0.5) is 0 Å². The minimum Gasteiger partial charge on any atom is -0.340 e. The number of nitrogens with one attached hydrogen (secondary N) is 1. The molecule has 0 saturated heterocycles. The number of carbonyl (C=O) groups is 1. The number of aromatic nitrogens is 4. The second-order valence-corrected chi connectivity index (χ2v) is 6.90. The molecule has 0 aromatic carbocycles. The van der Waals surface area contributed by atoms with Crippen LogP contribution < -0.4 is 5.32 Å². The van der Waals surface area contributed by atoms with E-state index in [4.69, 9.17) is 4.52 Å². The van der Waals surface area contributed by atoms with Crippen LogP contribution in [-0.4, -0.2) is 25.6 Å². The molecule has 0 radical (unpaired) electrons. The van der Waals surface area contributed by atoms with Crippen molar-refractivity contribution < 1.29 is 9.32 Å². The van der Waals surface area contributed by atoms with Crippen LogP contribution >= 0.6 is 0 Å². The van der Waals surface area contributed by atoms with Gasteiger partial charge in [0, 0.05) is 24.0 Å². The molecule has 0 saturated carbocycles. The van der Waals surface area contributed by atoms with Gasteiger partial charge in [-0.15, -0.1) is 0 Å². The topological polar surface area (TPSA) is 85.8 Å². The molecule has 1 amide bonds. The van der Waals surface area contributed by atoms with Gasteiger partial charge < -0.3 is 14.4 Å². The largest absolute Gasteiger partial charge is 0.340 e. The average Bonchev–Trinajstić information content (AvgIpc) is 3.26. The van der Waals surface area contributed by atoms with Crippen LogP contribution in [0.2, 0.25) is 0 Å². The van der Waals surface area contributed by atoms with E-state index in [0.717, 1.165) is 5.82 Å². The van der Waals surface area contributed by atoms with Crippen LogP contribution in [0.5, 0.6) is 0 Å². The van der Waals surface area contributed by atoms with Gasteiger partial charge in [0.15, 0.2) is 5.82 Å². The average molecular weight is 339 g/mol. The normalized spacial score (nSPS) is 12.8. The number of hydrogen-bond donors (Lipinski definition) is 1. The van der Waals surface area contributed by atoms with Gasteiger partial charge in [-0.05, 0) is 31.2 Å². The highest BCUT2D eigenvalue weighted by Gasteiger charge is 2.24. The summed E-state index contributed by atoms with van der Waals surface area (Å²) in [6.45, 7) is 7.81. The first-order chi connectivity index (χ1) is 11.8. The fraction of sp³-hybridized carbons (Fsp3) is 0.333. The molecule has 1 N–H and O–H groups in total. The van der Waals surface area contributed by atoms with E-state index in [1.807, 2.05) is 49.9 Å². The summed E-state index contributed by atoms with van der Waals surface area (Å²) in [7, 11) is 0. The van der Waals surface area contributed by atoms with Gasteiger partial charge in [-0.2, -0.15) is 4.98 Å². The molecular weight excluding hydrogens is 318 g/mol. The summed E-state index contributed by atoms with van der Waals surface area (Å²) in [5, 5.41) is 6.83. The monoisotopic (exact) mass is 339 g/mol. The van der Waals surface area contributed by atoms with E-state index >= 15 is 0 Å². The predicted octanol–water partition coefficient (Wildman–Crippen LogP) is 3.04. The Morgan fingerprint density at radius 3 is 2.52 bits per heavy atom. The van der Waals surface area contributed by atoms with Gasteiger partial charge in [-0.3, -0.25) is 4.79 Å². The molecule has 0 aliphatic rings. The van der Waals surface area contributed by atoms with E-state index < -0.39 is 0 Å². The van der Waals surface area contributed by atoms with Crippen molar-refractivity contribution in [3.8, 4) is 5.82 Å². The van der Waals surface area contributed by atoms with Crippen LogP contribution in [0.25, 0.3) is 5.82 Å². The molecule has 0 unspecified atom stereocenters. The summed E-state index contributed by atoms with van der Waals surface area (Å²) in [5.41, 5.74) is 0.266. The Hall–Kier alpha value is -2.96. The molecule has 0 aliphatic carbocycles. The highest BCUT2D eigenvalue weighted by atomic mass is 16.5. The third kappa shape index (κ3) is 3.76. The van der Waals surface area contributed by atoms with Gasteiger partial charge >= 0.3 is 0 Å². The van der Waals surface area contributed by atoms with Crippen LogP contribution in [0.1, 0.15) is 55.8 Å². The Morgan fingerprint density at radius 2 is 1.96 bits per heavy atom. The number of nitrogens with zero attached hydrogens (tertiary/aromatic N) is 4. The van der Waals surface area contributed by atoms with E-state index in [-0.39, 0.29) is 17.4 Å². The van der Waals surface area contributed by atoms with Crippen molar-refractivity contribution in [2.75, 3.05) is 0 Å². The second kappa shape index (κ2) is 6.51. The van der Waals surface area contributed by atoms with Crippen molar-refractivity contribution in [2.24, 2.45) is 0 Å². The summed E-state index contributed by atoms with van der Waals surface area (Å²) in [6.07, 6.45) is 5.34. The second-order valence-electron chi connectivity index (χ2n) is 6.90. The van der Waals surface area contributed by atoms with E-state index in [1.165, 1.54) is 0 Å². The van der Waals surface area contributed by atoms with Crippen LogP contribution in [0.3, 0.4) is 0 Å². The zero-order chi connectivity index (χ0) is 18.0. The van der Waals surface area contributed by atoms with Gasteiger partial charge in [0.05, 0.1) is 5.56 Å². The van der Waals surface area contributed by atoms with Gasteiger partial charge in [-0.25, -0.2) is 4.98 Å². The highest BCUT2D eigenvalue weighted by Crippen LogP contribution is 2.21. The van der Waals surface area contributed by atoms with Gasteiger partial charge in [0.1, 0.15) is 11.9 Å². The predicted molar refractivity (Wildman–Crippen MR) is 92.4 cm³/mol. The molecule has 25 heavy (non-hydrogen) atoms. The van der Waals surface area contributed by atoms with Gasteiger partial charge in [0.25, 0.3) is 5.91 Å². The first kappa shape index (κ1) is 16.9. The molecule has 7 heteroatoms. The van der Waals surface area contributed by atoms with Crippen molar-refractivity contribution >= 4 is 5.91 Å². The zero-order valence-electron chi connectivity index (χ0n) is 14.7. The number of amides is 1. The molecule has 130 valence electrons. The lowest BCUT2D eigenvalue weighted by Crippen LogP contribution is -2.27. The Labute approximate surface area is 146 Å². The molecule has 0 fully saturated rings. The molecule has 1 atom stereocenters. The number of hydrogen-bond acceptors (Lipinski definition) is 5. The maximum Gasteiger partial charge on any atom is 0.253 e. The van der Waals surface area contributed by atoms with Crippen molar-refractivity contribution in [3.63, 3.8) is 0 Å². The molecule has 7 nitrogen and oxygen atoms in total. The maximum absolute atomic E-state index is 12.4. The Balaban J connectivity index is 1.68. The van der Waals surface area contributed by atoms with Crippen LogP contribution in [-0.2, 0) is 5.41 Å². The van der Waals surface area contributed by atoms with E-state index in [2.05, 4.69) is 20.4 Å². The van der Waals surface area contributed by atoms with Crippen LogP contribution in [0.15, 0.2) is 47.4 Å². The molecule has 3 aromatic heterocycles. The van der Waals surface area contributed by atoms with E-state index in [9.17, 15) is 4.79 Å². The molecule has 0 bridgehead atoms. The SMILES string of the molecule is C[C@H](NC(=O)c1ccc(-n2cccc2)nc1)c1nc(C(C)(C)C)no1. The molecule has 3 heterocycles. The van der Waals surface area contributed by atoms with E-state index in [0.29, 0.717) is 17.3 Å². The summed E-state index contributed by atoms with van der Waals surface area (Å²) in [5.74, 6) is 1.51. The van der Waals surface area contributed by atoms with Crippen molar-refractivity contribution in [3.05, 3.63) is 60.1 Å². The van der Waals surface area contributed by atoms with E-state index in [1.54, 1.807) is 25.3 Å². The van der Waals surface area contributed by atoms with Gasteiger partial charge in [0.2, 0.25) is 5.89 Å². The maximum atomic E-state index is 12.4. The lowest BCUT2D eigenvalue weighted by atomic mass is 9.96. The first-order valence-corrected chi connectivity index (χ1v) is 8.09. The molecular formula is C18H21N5O2. The summed E-state index contributed by atoms with van der Waals surface area (Å²) < 4.78 is 7.13. The molecule has 0 spiro atoms. The number of carbonyl (C=O) groups excluding carboxylic acids is 1. The highest BCUT2D eigenvalue weighted by molar-refractivity contribution is 5.94. The van der Waals surface area contributed by atoms with Gasteiger partial charge in [-0.1, -0.05) is 25.9 Å². The number of rotatable bonds is 4. The quantitative estimate of drug-likeness (QED) is 0.789. The third-order valence-electron chi connectivity index (χ3n) is 3.71. The molecule has 3 aromatic rings. The fourth-order valence-electron chi connectivity index (χ4n) is 2.22. The first-order valence-electron chi connectivity index (χ1n) is 8.09. The van der Waals surface area contributed by atoms with Crippen molar-refractivity contribution in [2.45, 2.75) is 39.2 Å². The fourth-order valence-corrected chi connectivity index (χ4v) is 2.22. The summed E-state index contributed by atoms with van der Waals surface area (Å²) >= 11 is 0. The lowest BCUT2D eigenvalue weighted by Gasteiger charge is -2.12. The van der Waals surface area contributed by atoms with Crippen molar-refractivity contribution in [1.29, 1.82) is 0 Å². The minimum absolute atomic E-state index is 0.205. The Kier molecular flexibility index (Phi) is 4.39.